The van der Waals surface area contributed by atoms with E-state index in [0.29, 0.717) is 0 Å². The molecule has 0 aromatic heterocycles. The molecule has 0 saturated carbocycles. The van der Waals surface area contributed by atoms with E-state index in [2.05, 4.69) is 0 Å². The van der Waals surface area contributed by atoms with Gasteiger partial charge in [0.2, 0.25) is 0 Å². The first-order valence-electron chi connectivity index (χ1n) is 5.90. The van der Waals surface area contributed by atoms with Crippen LogP contribution in [0.15, 0.2) is 12.1 Å². The molecule has 0 spiro atoms. The second-order valence-corrected chi connectivity index (χ2v) is 4.80. The minimum absolute atomic E-state index is 0.0614. The third-order valence-corrected chi connectivity index (χ3v) is 3.07. The number of carboxylic acids is 1. The van der Waals surface area contributed by atoms with Crippen LogP contribution in [-0.4, -0.2) is 45.8 Å². The largest absolute Gasteiger partial charge is 0.478 e. The van der Waals surface area contributed by atoms with E-state index in [0.717, 1.165) is 12.1 Å². The van der Waals surface area contributed by atoms with Crippen molar-refractivity contribution in [2.24, 2.45) is 0 Å². The maximum Gasteiger partial charge on any atom is 0.336 e. The van der Waals surface area contributed by atoms with Crippen molar-refractivity contribution in [3.63, 3.8) is 0 Å². The smallest absolute Gasteiger partial charge is 0.336 e. The molecular formula is C11H11Cl2N3O6. The summed E-state index contributed by atoms with van der Waals surface area (Å²) in [5, 5.41) is 31.3. The molecule has 0 aliphatic rings. The minimum atomic E-state index is -1.50. The van der Waals surface area contributed by atoms with Crippen molar-refractivity contribution >= 4 is 46.2 Å². The fraction of sp³-hybridized carbons (Fsp3) is 0.364. The van der Waals surface area contributed by atoms with Crippen LogP contribution in [0.3, 0.4) is 0 Å². The first-order valence-corrected chi connectivity index (χ1v) is 6.97. The van der Waals surface area contributed by atoms with Gasteiger partial charge in [0.05, 0.1) is 15.4 Å². The Labute approximate surface area is 134 Å². The van der Waals surface area contributed by atoms with Crippen LogP contribution in [0.25, 0.3) is 0 Å². The van der Waals surface area contributed by atoms with Gasteiger partial charge in [-0.05, 0) is 0 Å². The lowest BCUT2D eigenvalue weighted by molar-refractivity contribution is -0.392. The number of nitrogens with zero attached hydrogens (tertiary/aromatic N) is 3. The highest BCUT2D eigenvalue weighted by Crippen LogP contribution is 2.38. The number of aromatic carboxylic acids is 1. The van der Waals surface area contributed by atoms with Gasteiger partial charge in [-0.2, -0.15) is 0 Å². The Kier molecular flexibility index (Phi) is 6.32. The first-order chi connectivity index (χ1) is 10.3. The van der Waals surface area contributed by atoms with Crippen LogP contribution in [-0.2, 0) is 0 Å². The van der Waals surface area contributed by atoms with Gasteiger partial charge in [0, 0.05) is 37.0 Å². The number of anilines is 1. The molecule has 0 aliphatic heterocycles. The summed E-state index contributed by atoms with van der Waals surface area (Å²) >= 11 is 11.2. The first kappa shape index (κ1) is 17.9. The SMILES string of the molecule is O=C(O)c1cc([N+](=O)[O-])c(N(CCCl)CCCl)c([N+](=O)[O-])c1. The van der Waals surface area contributed by atoms with Gasteiger partial charge < -0.3 is 10.0 Å². The topological polar surface area (TPSA) is 127 Å². The average molecular weight is 352 g/mol. The van der Waals surface area contributed by atoms with Crippen LogP contribution in [0.4, 0.5) is 17.1 Å². The summed E-state index contributed by atoms with van der Waals surface area (Å²) in [5.74, 6) is -1.38. The van der Waals surface area contributed by atoms with Gasteiger partial charge in [0.15, 0.2) is 5.69 Å². The van der Waals surface area contributed by atoms with Crippen molar-refractivity contribution in [3.05, 3.63) is 37.9 Å². The second-order valence-electron chi connectivity index (χ2n) is 4.05. The Morgan fingerprint density at radius 2 is 1.50 bits per heavy atom. The van der Waals surface area contributed by atoms with Gasteiger partial charge in [0.1, 0.15) is 0 Å². The summed E-state index contributed by atoms with van der Waals surface area (Å²) < 4.78 is 0. The van der Waals surface area contributed by atoms with Crippen LogP contribution in [0.1, 0.15) is 10.4 Å². The Morgan fingerprint density at radius 3 is 1.77 bits per heavy atom. The standard InChI is InChI=1S/C11H11Cl2N3O6/c12-1-3-14(4-2-13)10-8(15(19)20)5-7(11(17)18)6-9(10)16(21)22/h5-6H,1-4H2,(H,17,18). The third-order valence-electron chi connectivity index (χ3n) is 2.74. The van der Waals surface area contributed by atoms with Crippen LogP contribution in [0.5, 0.6) is 0 Å². The van der Waals surface area contributed by atoms with Gasteiger partial charge >= 0.3 is 17.3 Å². The van der Waals surface area contributed by atoms with Crippen LogP contribution in [0.2, 0.25) is 0 Å². The second kappa shape index (κ2) is 7.76. The molecule has 9 nitrogen and oxygen atoms in total. The number of hydrogen-bond donors (Lipinski definition) is 1. The molecule has 0 fully saturated rings. The predicted molar refractivity (Wildman–Crippen MR) is 80.4 cm³/mol. The molecule has 0 radical (unpaired) electrons. The summed E-state index contributed by atoms with van der Waals surface area (Å²) in [5.41, 5.74) is -2.20. The Morgan fingerprint density at radius 1 is 1.09 bits per heavy atom. The zero-order valence-electron chi connectivity index (χ0n) is 11.1. The molecular weight excluding hydrogens is 341 g/mol. The fourth-order valence-electron chi connectivity index (χ4n) is 1.87. The van der Waals surface area contributed by atoms with E-state index in [-0.39, 0.29) is 30.5 Å². The summed E-state index contributed by atoms with van der Waals surface area (Å²) in [6.07, 6.45) is 0. The Bertz CT molecular complexity index is 568. The monoisotopic (exact) mass is 351 g/mol. The van der Waals surface area contributed by atoms with Crippen molar-refractivity contribution in [3.8, 4) is 0 Å². The summed E-state index contributed by atoms with van der Waals surface area (Å²) in [6, 6.07) is 1.56. The summed E-state index contributed by atoms with van der Waals surface area (Å²) in [6.45, 7) is 0.171. The van der Waals surface area contributed by atoms with Gasteiger partial charge in [-0.1, -0.05) is 0 Å². The molecule has 1 aromatic carbocycles. The summed E-state index contributed by atoms with van der Waals surface area (Å²) in [4.78, 5) is 32.9. The number of nitro groups is 2. The lowest BCUT2D eigenvalue weighted by Gasteiger charge is -2.22. The zero-order valence-corrected chi connectivity index (χ0v) is 12.6. The lowest BCUT2D eigenvalue weighted by atomic mass is 10.1. The van der Waals surface area contributed by atoms with E-state index in [1.807, 2.05) is 0 Å². The van der Waals surface area contributed by atoms with Crippen LogP contribution >= 0.6 is 23.2 Å². The van der Waals surface area contributed by atoms with Crippen molar-refractivity contribution < 1.29 is 19.7 Å². The highest BCUT2D eigenvalue weighted by Gasteiger charge is 2.32. The van der Waals surface area contributed by atoms with E-state index in [1.165, 1.54) is 4.90 Å². The summed E-state index contributed by atoms with van der Waals surface area (Å²) in [7, 11) is 0. The number of benzene rings is 1. The lowest BCUT2D eigenvalue weighted by Crippen LogP contribution is -2.29. The number of hydrogen-bond acceptors (Lipinski definition) is 6. The number of alkyl halides is 2. The van der Waals surface area contributed by atoms with E-state index >= 15 is 0 Å². The van der Waals surface area contributed by atoms with E-state index in [1.54, 1.807) is 0 Å². The van der Waals surface area contributed by atoms with Gasteiger partial charge in [-0.25, -0.2) is 4.79 Å². The number of rotatable bonds is 8. The fourth-order valence-corrected chi connectivity index (χ4v) is 2.28. The molecule has 0 heterocycles. The van der Waals surface area contributed by atoms with Crippen molar-refractivity contribution in [2.75, 3.05) is 29.7 Å². The van der Waals surface area contributed by atoms with Gasteiger partial charge in [0.25, 0.3) is 0 Å². The van der Waals surface area contributed by atoms with Crippen molar-refractivity contribution in [1.29, 1.82) is 0 Å². The number of nitro benzene ring substituents is 2. The number of carboxylic acid groups (broad SMARTS) is 1. The molecule has 22 heavy (non-hydrogen) atoms. The molecule has 0 bridgehead atoms. The molecule has 1 aromatic rings. The average Bonchev–Trinajstić information content (AvgIpc) is 2.45. The highest BCUT2D eigenvalue weighted by molar-refractivity contribution is 6.18. The van der Waals surface area contributed by atoms with E-state index < -0.39 is 32.8 Å². The number of halogens is 2. The Balaban J connectivity index is 3.66. The van der Waals surface area contributed by atoms with E-state index in [9.17, 15) is 25.0 Å². The highest BCUT2D eigenvalue weighted by atomic mass is 35.5. The molecule has 1 rings (SSSR count). The predicted octanol–water partition coefficient (Wildman–Crippen LogP) is 2.49. The number of carbonyl (C=O) groups is 1. The van der Waals surface area contributed by atoms with Crippen molar-refractivity contribution in [1.82, 2.24) is 0 Å². The molecule has 120 valence electrons. The van der Waals surface area contributed by atoms with Gasteiger partial charge in [-0.15, -0.1) is 23.2 Å². The van der Waals surface area contributed by atoms with E-state index in [4.69, 9.17) is 28.3 Å². The van der Waals surface area contributed by atoms with Crippen LogP contribution in [0, 0.1) is 20.2 Å². The molecule has 0 amide bonds. The molecule has 0 atom stereocenters. The van der Waals surface area contributed by atoms with Crippen molar-refractivity contribution in [2.45, 2.75) is 0 Å². The molecule has 11 heteroatoms. The quantitative estimate of drug-likeness (QED) is 0.432. The minimum Gasteiger partial charge on any atom is -0.478 e. The molecule has 1 N–H and O–H groups in total. The molecule has 0 aliphatic carbocycles. The Hall–Kier alpha value is -2.13. The maximum absolute atomic E-state index is 11.2. The normalized spacial score (nSPS) is 10.3. The maximum atomic E-state index is 11.2. The zero-order chi connectivity index (χ0) is 16.9. The third kappa shape index (κ3) is 3.95. The molecule has 0 unspecified atom stereocenters. The van der Waals surface area contributed by atoms with Crippen LogP contribution < -0.4 is 4.90 Å². The molecule has 0 saturated heterocycles. The van der Waals surface area contributed by atoms with Gasteiger partial charge in [-0.3, -0.25) is 20.2 Å².